The number of benzene rings is 2. The normalized spacial score (nSPS) is 10.7. The van der Waals surface area contributed by atoms with E-state index < -0.39 is 0 Å². The van der Waals surface area contributed by atoms with Gasteiger partial charge in [-0.1, -0.05) is 34.5 Å². The fourth-order valence-electron chi connectivity index (χ4n) is 1.86. The Morgan fingerprint density at radius 3 is 2.67 bits per heavy atom. The molecular weight excluding hydrogens is 357 g/mol. The number of halogens is 3. The number of rotatable bonds is 6. The predicted molar refractivity (Wildman–Crippen MR) is 87.6 cm³/mol. The third-order valence-corrected chi connectivity index (χ3v) is 3.67. The SMILES string of the molecule is CCCNCc1cc(F)ccc1Oc1ccc(Br)cc1Cl. The van der Waals surface area contributed by atoms with Crippen molar-refractivity contribution < 1.29 is 9.13 Å². The molecule has 0 atom stereocenters. The summed E-state index contributed by atoms with van der Waals surface area (Å²) in [5.74, 6) is 0.866. The summed E-state index contributed by atoms with van der Waals surface area (Å²) >= 11 is 9.49. The summed E-state index contributed by atoms with van der Waals surface area (Å²) in [7, 11) is 0. The van der Waals surface area contributed by atoms with Crippen LogP contribution in [0.4, 0.5) is 4.39 Å². The maximum atomic E-state index is 13.4. The lowest BCUT2D eigenvalue weighted by molar-refractivity contribution is 0.470. The first kappa shape index (κ1) is 16.3. The molecule has 21 heavy (non-hydrogen) atoms. The van der Waals surface area contributed by atoms with Gasteiger partial charge in [-0.2, -0.15) is 0 Å². The second-order valence-corrected chi connectivity index (χ2v) is 5.93. The van der Waals surface area contributed by atoms with Crippen LogP contribution in [0.5, 0.6) is 11.5 Å². The van der Waals surface area contributed by atoms with E-state index in [9.17, 15) is 4.39 Å². The third-order valence-electron chi connectivity index (χ3n) is 2.88. The van der Waals surface area contributed by atoms with E-state index in [0.717, 1.165) is 23.0 Å². The van der Waals surface area contributed by atoms with E-state index in [4.69, 9.17) is 16.3 Å². The van der Waals surface area contributed by atoms with Gasteiger partial charge in [0.2, 0.25) is 0 Å². The molecule has 0 fully saturated rings. The molecule has 0 bridgehead atoms. The van der Waals surface area contributed by atoms with Crippen LogP contribution in [-0.2, 0) is 6.54 Å². The average molecular weight is 373 g/mol. The van der Waals surface area contributed by atoms with Gasteiger partial charge in [0.15, 0.2) is 0 Å². The van der Waals surface area contributed by atoms with E-state index in [1.54, 1.807) is 18.2 Å². The van der Waals surface area contributed by atoms with Gasteiger partial charge in [-0.3, -0.25) is 0 Å². The molecule has 2 aromatic rings. The molecule has 0 amide bonds. The van der Waals surface area contributed by atoms with Gasteiger partial charge in [-0.25, -0.2) is 4.39 Å². The van der Waals surface area contributed by atoms with Crippen LogP contribution in [0, 0.1) is 5.82 Å². The molecule has 0 spiro atoms. The summed E-state index contributed by atoms with van der Waals surface area (Å²) in [6, 6.07) is 9.86. The summed E-state index contributed by atoms with van der Waals surface area (Å²) in [6.07, 6.45) is 1.02. The minimum absolute atomic E-state index is 0.280. The van der Waals surface area contributed by atoms with Crippen LogP contribution < -0.4 is 10.1 Å². The monoisotopic (exact) mass is 371 g/mol. The Hall–Kier alpha value is -1.10. The van der Waals surface area contributed by atoms with Crippen molar-refractivity contribution in [3.63, 3.8) is 0 Å². The molecule has 0 saturated carbocycles. The molecule has 0 saturated heterocycles. The van der Waals surface area contributed by atoms with Gasteiger partial charge in [0.1, 0.15) is 17.3 Å². The van der Waals surface area contributed by atoms with Gasteiger partial charge in [0.05, 0.1) is 5.02 Å². The molecule has 112 valence electrons. The van der Waals surface area contributed by atoms with Crippen LogP contribution in [0.25, 0.3) is 0 Å². The Labute approximate surface area is 137 Å². The number of hydrogen-bond acceptors (Lipinski definition) is 2. The van der Waals surface area contributed by atoms with Crippen molar-refractivity contribution in [2.75, 3.05) is 6.54 Å². The highest BCUT2D eigenvalue weighted by atomic mass is 79.9. The first-order valence-electron chi connectivity index (χ1n) is 6.72. The van der Waals surface area contributed by atoms with E-state index in [1.165, 1.54) is 12.1 Å². The molecule has 0 radical (unpaired) electrons. The topological polar surface area (TPSA) is 21.3 Å². The van der Waals surface area contributed by atoms with Crippen molar-refractivity contribution >= 4 is 27.5 Å². The zero-order valence-electron chi connectivity index (χ0n) is 11.6. The minimum atomic E-state index is -0.280. The minimum Gasteiger partial charge on any atom is -0.455 e. The number of ether oxygens (including phenoxy) is 1. The van der Waals surface area contributed by atoms with Gasteiger partial charge >= 0.3 is 0 Å². The average Bonchev–Trinajstić information content (AvgIpc) is 2.44. The third kappa shape index (κ3) is 4.70. The van der Waals surface area contributed by atoms with Crippen molar-refractivity contribution in [3.8, 4) is 11.5 Å². The zero-order valence-corrected chi connectivity index (χ0v) is 14.0. The summed E-state index contributed by atoms with van der Waals surface area (Å²) < 4.78 is 20.1. The Morgan fingerprint density at radius 1 is 1.19 bits per heavy atom. The molecule has 2 aromatic carbocycles. The van der Waals surface area contributed by atoms with E-state index in [2.05, 4.69) is 28.2 Å². The van der Waals surface area contributed by atoms with Crippen LogP contribution in [0.1, 0.15) is 18.9 Å². The van der Waals surface area contributed by atoms with E-state index in [1.807, 2.05) is 6.07 Å². The summed E-state index contributed by atoms with van der Waals surface area (Å²) in [5.41, 5.74) is 0.766. The first-order valence-corrected chi connectivity index (χ1v) is 7.89. The molecule has 0 aliphatic heterocycles. The largest absolute Gasteiger partial charge is 0.455 e. The van der Waals surface area contributed by atoms with Crippen LogP contribution in [-0.4, -0.2) is 6.54 Å². The second kappa shape index (κ2) is 7.78. The lowest BCUT2D eigenvalue weighted by Gasteiger charge is -2.13. The predicted octanol–water partition coefficient (Wildman–Crippen LogP) is 5.53. The quantitative estimate of drug-likeness (QED) is 0.673. The summed E-state index contributed by atoms with van der Waals surface area (Å²) in [4.78, 5) is 0. The van der Waals surface area contributed by atoms with Gasteiger partial charge in [0, 0.05) is 16.6 Å². The highest BCUT2D eigenvalue weighted by Gasteiger charge is 2.09. The van der Waals surface area contributed by atoms with Crippen LogP contribution in [0.15, 0.2) is 40.9 Å². The number of nitrogens with one attached hydrogen (secondary N) is 1. The summed E-state index contributed by atoms with van der Waals surface area (Å²) in [5, 5.41) is 3.74. The van der Waals surface area contributed by atoms with Gasteiger partial charge < -0.3 is 10.1 Å². The van der Waals surface area contributed by atoms with Crippen LogP contribution in [0.2, 0.25) is 5.02 Å². The fraction of sp³-hybridized carbons (Fsp3) is 0.250. The lowest BCUT2D eigenvalue weighted by atomic mass is 10.2. The molecule has 0 aliphatic carbocycles. The number of hydrogen-bond donors (Lipinski definition) is 1. The molecule has 0 aromatic heterocycles. The van der Waals surface area contributed by atoms with Crippen molar-refractivity contribution in [1.82, 2.24) is 5.32 Å². The standard InChI is InChI=1S/C16H16BrClFNO/c1-2-7-20-10-11-8-13(19)4-6-15(11)21-16-5-3-12(17)9-14(16)18/h3-6,8-9,20H,2,7,10H2,1H3. The van der Waals surface area contributed by atoms with Crippen LogP contribution in [0.3, 0.4) is 0 Å². The first-order chi connectivity index (χ1) is 10.1. The summed E-state index contributed by atoms with van der Waals surface area (Å²) in [6.45, 7) is 3.50. The Kier molecular flexibility index (Phi) is 6.03. The lowest BCUT2D eigenvalue weighted by Crippen LogP contribution is -2.14. The Bertz CT molecular complexity index is 621. The molecular formula is C16H16BrClFNO. The van der Waals surface area contributed by atoms with E-state index in [-0.39, 0.29) is 5.82 Å². The van der Waals surface area contributed by atoms with Gasteiger partial charge in [0.25, 0.3) is 0 Å². The van der Waals surface area contributed by atoms with Crippen molar-refractivity contribution in [3.05, 3.63) is 57.3 Å². The van der Waals surface area contributed by atoms with Crippen molar-refractivity contribution in [1.29, 1.82) is 0 Å². The maximum absolute atomic E-state index is 13.4. The highest BCUT2D eigenvalue weighted by Crippen LogP contribution is 2.33. The Balaban J connectivity index is 2.22. The fourth-order valence-corrected chi connectivity index (χ4v) is 2.57. The molecule has 2 nitrogen and oxygen atoms in total. The molecule has 0 unspecified atom stereocenters. The van der Waals surface area contributed by atoms with E-state index >= 15 is 0 Å². The van der Waals surface area contributed by atoms with Crippen molar-refractivity contribution in [2.45, 2.75) is 19.9 Å². The smallest absolute Gasteiger partial charge is 0.146 e. The second-order valence-electron chi connectivity index (χ2n) is 4.61. The molecule has 5 heteroatoms. The van der Waals surface area contributed by atoms with Gasteiger partial charge in [-0.05, 0) is 49.4 Å². The van der Waals surface area contributed by atoms with Gasteiger partial charge in [-0.15, -0.1) is 0 Å². The highest BCUT2D eigenvalue weighted by molar-refractivity contribution is 9.10. The Morgan fingerprint density at radius 2 is 1.95 bits per heavy atom. The zero-order chi connectivity index (χ0) is 15.2. The maximum Gasteiger partial charge on any atom is 0.146 e. The van der Waals surface area contributed by atoms with Crippen LogP contribution >= 0.6 is 27.5 Å². The molecule has 2 rings (SSSR count). The van der Waals surface area contributed by atoms with Crippen molar-refractivity contribution in [2.24, 2.45) is 0 Å². The van der Waals surface area contributed by atoms with E-state index in [0.29, 0.717) is 23.1 Å². The molecule has 1 N–H and O–H groups in total. The molecule has 0 aliphatic rings. The molecule has 0 heterocycles.